The Morgan fingerprint density at radius 3 is 2.74 bits per heavy atom. The van der Waals surface area contributed by atoms with Crippen LogP contribution in [0.2, 0.25) is 0 Å². The van der Waals surface area contributed by atoms with Crippen molar-refractivity contribution in [3.05, 3.63) is 41.7 Å². The predicted octanol–water partition coefficient (Wildman–Crippen LogP) is 2.71. The molecule has 0 bridgehead atoms. The van der Waals surface area contributed by atoms with Crippen molar-refractivity contribution < 1.29 is 0 Å². The number of aromatic nitrogens is 2. The van der Waals surface area contributed by atoms with Gasteiger partial charge in [0.25, 0.3) is 0 Å². The molecule has 0 aliphatic rings. The van der Waals surface area contributed by atoms with Crippen molar-refractivity contribution in [3.63, 3.8) is 0 Å². The van der Waals surface area contributed by atoms with E-state index >= 15 is 0 Å². The summed E-state index contributed by atoms with van der Waals surface area (Å²) in [4.78, 5) is 4.28. The average Bonchev–Trinajstić information content (AvgIpc) is 2.85. The van der Waals surface area contributed by atoms with Crippen LogP contribution in [0.1, 0.15) is 17.8 Å². The molecule has 6 heteroatoms. The van der Waals surface area contributed by atoms with Crippen LogP contribution < -0.4 is 5.73 Å². The van der Waals surface area contributed by atoms with E-state index in [1.807, 2.05) is 37.3 Å². The first kappa shape index (κ1) is 14.0. The molecule has 2 aromatic rings. The van der Waals surface area contributed by atoms with E-state index in [0.717, 1.165) is 21.5 Å². The van der Waals surface area contributed by atoms with E-state index in [1.54, 1.807) is 11.8 Å². The fraction of sp³-hybridized carbons (Fsp3) is 0.308. The zero-order chi connectivity index (χ0) is 13.7. The van der Waals surface area contributed by atoms with Gasteiger partial charge in [0.1, 0.15) is 11.4 Å². The Morgan fingerprint density at radius 2 is 2.16 bits per heavy atom. The number of thioether (sulfide) groups is 1. The molecule has 1 atom stereocenters. The molecule has 0 radical (unpaired) electrons. The van der Waals surface area contributed by atoms with Crippen LogP contribution in [-0.4, -0.2) is 15.1 Å². The third-order valence-electron chi connectivity index (χ3n) is 2.72. The standard InChI is InChI=1S/C13H14N4S2/c1-10-16-12(19-17-10)18-8-7-13(15,9-14)11-5-3-2-4-6-11/h2-6H,7-8,15H2,1H3. The van der Waals surface area contributed by atoms with Gasteiger partial charge in [-0.3, -0.25) is 0 Å². The molecule has 0 amide bonds. The minimum Gasteiger partial charge on any atom is -0.310 e. The zero-order valence-electron chi connectivity index (χ0n) is 10.5. The molecule has 0 aliphatic carbocycles. The predicted molar refractivity (Wildman–Crippen MR) is 77.9 cm³/mol. The van der Waals surface area contributed by atoms with Gasteiger partial charge >= 0.3 is 0 Å². The lowest BCUT2D eigenvalue weighted by molar-refractivity contribution is 0.560. The van der Waals surface area contributed by atoms with Crippen molar-refractivity contribution in [2.75, 3.05) is 5.75 Å². The second-order valence-corrected chi connectivity index (χ2v) is 6.25. The highest BCUT2D eigenvalue weighted by molar-refractivity contribution is 8.00. The Kier molecular flexibility index (Phi) is 4.53. The van der Waals surface area contributed by atoms with Crippen molar-refractivity contribution in [1.29, 1.82) is 5.26 Å². The molecule has 0 fully saturated rings. The van der Waals surface area contributed by atoms with Crippen LogP contribution in [0.15, 0.2) is 34.7 Å². The van der Waals surface area contributed by atoms with Gasteiger partial charge in [0.2, 0.25) is 0 Å². The van der Waals surface area contributed by atoms with Crippen molar-refractivity contribution in [2.24, 2.45) is 5.73 Å². The van der Waals surface area contributed by atoms with Gasteiger partial charge in [-0.15, -0.1) is 0 Å². The van der Waals surface area contributed by atoms with E-state index in [2.05, 4.69) is 15.4 Å². The Labute approximate surface area is 120 Å². The molecule has 1 heterocycles. The second kappa shape index (κ2) is 6.15. The quantitative estimate of drug-likeness (QED) is 0.857. The summed E-state index contributed by atoms with van der Waals surface area (Å²) in [6, 6.07) is 11.7. The Bertz CT molecular complexity index is 576. The normalized spacial score (nSPS) is 13.7. The average molecular weight is 290 g/mol. The van der Waals surface area contributed by atoms with Crippen molar-refractivity contribution in [2.45, 2.75) is 23.2 Å². The van der Waals surface area contributed by atoms with Gasteiger partial charge in [-0.05, 0) is 30.4 Å². The highest BCUT2D eigenvalue weighted by Gasteiger charge is 2.26. The first-order valence-corrected chi connectivity index (χ1v) is 7.59. The number of hydrogen-bond acceptors (Lipinski definition) is 6. The van der Waals surface area contributed by atoms with Gasteiger partial charge in [-0.1, -0.05) is 42.1 Å². The molecule has 98 valence electrons. The topological polar surface area (TPSA) is 75.6 Å². The molecule has 1 aromatic carbocycles. The minimum absolute atomic E-state index is 0.580. The van der Waals surface area contributed by atoms with Crippen LogP contribution in [0.3, 0.4) is 0 Å². The lowest BCUT2D eigenvalue weighted by Gasteiger charge is -2.21. The molecule has 0 spiro atoms. The van der Waals surface area contributed by atoms with E-state index in [1.165, 1.54) is 11.5 Å². The molecule has 0 aliphatic heterocycles. The summed E-state index contributed by atoms with van der Waals surface area (Å²) in [6.45, 7) is 1.87. The van der Waals surface area contributed by atoms with E-state index < -0.39 is 5.54 Å². The number of aryl methyl sites for hydroxylation is 1. The molecule has 1 unspecified atom stereocenters. The van der Waals surface area contributed by atoms with Gasteiger partial charge < -0.3 is 5.73 Å². The first-order valence-electron chi connectivity index (χ1n) is 5.83. The lowest BCUT2D eigenvalue weighted by atomic mass is 9.90. The summed E-state index contributed by atoms with van der Waals surface area (Å²) in [5.74, 6) is 1.53. The van der Waals surface area contributed by atoms with E-state index in [9.17, 15) is 5.26 Å². The zero-order valence-corrected chi connectivity index (χ0v) is 12.2. The van der Waals surface area contributed by atoms with Crippen molar-refractivity contribution >= 4 is 23.3 Å². The molecule has 19 heavy (non-hydrogen) atoms. The third kappa shape index (κ3) is 3.53. The summed E-state index contributed by atoms with van der Waals surface area (Å²) >= 11 is 2.97. The van der Waals surface area contributed by atoms with Crippen LogP contribution >= 0.6 is 23.3 Å². The van der Waals surface area contributed by atoms with E-state index in [-0.39, 0.29) is 0 Å². The Morgan fingerprint density at radius 1 is 1.42 bits per heavy atom. The molecular formula is C13H14N4S2. The van der Waals surface area contributed by atoms with Gasteiger partial charge in [0.15, 0.2) is 4.34 Å². The van der Waals surface area contributed by atoms with Crippen LogP contribution in [0.4, 0.5) is 0 Å². The molecule has 0 saturated carbocycles. The van der Waals surface area contributed by atoms with Crippen LogP contribution in [0.5, 0.6) is 0 Å². The highest BCUT2D eigenvalue weighted by Crippen LogP contribution is 2.27. The largest absolute Gasteiger partial charge is 0.310 e. The molecule has 1 aromatic heterocycles. The first-order chi connectivity index (χ1) is 9.14. The van der Waals surface area contributed by atoms with Crippen LogP contribution in [0.25, 0.3) is 0 Å². The maximum Gasteiger partial charge on any atom is 0.170 e. The van der Waals surface area contributed by atoms with Crippen LogP contribution in [0, 0.1) is 18.3 Å². The summed E-state index contributed by atoms with van der Waals surface area (Å²) in [7, 11) is 0. The number of rotatable bonds is 5. The van der Waals surface area contributed by atoms with Crippen molar-refractivity contribution in [1.82, 2.24) is 9.36 Å². The summed E-state index contributed by atoms with van der Waals surface area (Å²) < 4.78 is 5.05. The molecule has 0 saturated heterocycles. The number of benzene rings is 1. The molecule has 2 N–H and O–H groups in total. The smallest absolute Gasteiger partial charge is 0.170 e. The second-order valence-electron chi connectivity index (χ2n) is 4.16. The van der Waals surface area contributed by atoms with Gasteiger partial charge in [-0.2, -0.15) is 9.64 Å². The monoisotopic (exact) mass is 290 g/mol. The lowest BCUT2D eigenvalue weighted by Crippen LogP contribution is -2.35. The summed E-state index contributed by atoms with van der Waals surface area (Å²) in [5.41, 5.74) is 6.10. The molecule has 2 rings (SSSR count). The number of nitrogens with zero attached hydrogens (tertiary/aromatic N) is 3. The minimum atomic E-state index is -0.937. The maximum atomic E-state index is 9.33. The molecular weight excluding hydrogens is 276 g/mol. The molecule has 4 nitrogen and oxygen atoms in total. The fourth-order valence-electron chi connectivity index (χ4n) is 1.64. The van der Waals surface area contributed by atoms with Gasteiger partial charge in [0, 0.05) is 5.75 Å². The SMILES string of the molecule is Cc1nsc(SCCC(N)(C#N)c2ccccc2)n1. The van der Waals surface area contributed by atoms with E-state index in [4.69, 9.17) is 5.73 Å². The number of nitrogens with two attached hydrogens (primary N) is 1. The van der Waals surface area contributed by atoms with E-state index in [0.29, 0.717) is 6.42 Å². The fourth-order valence-corrected chi connectivity index (χ4v) is 3.43. The Hall–Kier alpha value is -1.42. The Balaban J connectivity index is 1.98. The van der Waals surface area contributed by atoms with Gasteiger partial charge in [0.05, 0.1) is 6.07 Å². The third-order valence-corrected chi connectivity index (χ3v) is 4.65. The maximum absolute atomic E-state index is 9.33. The van der Waals surface area contributed by atoms with Gasteiger partial charge in [-0.25, -0.2) is 4.98 Å². The highest BCUT2D eigenvalue weighted by atomic mass is 32.2. The number of hydrogen-bond donors (Lipinski definition) is 1. The number of nitriles is 1. The van der Waals surface area contributed by atoms with Crippen molar-refractivity contribution in [3.8, 4) is 6.07 Å². The summed E-state index contributed by atoms with van der Waals surface area (Å²) in [5, 5.41) is 9.33. The summed E-state index contributed by atoms with van der Waals surface area (Å²) in [6.07, 6.45) is 0.580. The van der Waals surface area contributed by atoms with Crippen LogP contribution in [-0.2, 0) is 5.54 Å².